The third kappa shape index (κ3) is 3.37. The third-order valence-corrected chi connectivity index (χ3v) is 4.05. The van der Waals surface area contributed by atoms with E-state index in [0.717, 1.165) is 24.2 Å². The molecule has 0 aliphatic rings. The maximum atomic E-state index is 4.19. The van der Waals surface area contributed by atoms with Gasteiger partial charge in [0.25, 0.3) is 0 Å². The van der Waals surface area contributed by atoms with E-state index >= 15 is 0 Å². The summed E-state index contributed by atoms with van der Waals surface area (Å²) in [5.74, 6) is 0.632. The zero-order chi connectivity index (χ0) is 12.3. The van der Waals surface area contributed by atoms with Gasteiger partial charge in [0.05, 0.1) is 11.4 Å². The molecule has 90 valence electrons. The minimum atomic E-state index is 0.632. The van der Waals surface area contributed by atoms with Crippen molar-refractivity contribution in [1.29, 1.82) is 0 Å². The molecule has 0 aliphatic heterocycles. The second-order valence-electron chi connectivity index (χ2n) is 4.68. The predicted molar refractivity (Wildman–Crippen MR) is 72.6 cm³/mol. The molecule has 3 heteroatoms. The normalized spacial score (nSPS) is 11.1. The molecule has 2 rings (SSSR count). The van der Waals surface area contributed by atoms with Crippen LogP contribution in [0.15, 0.2) is 23.6 Å². The van der Waals surface area contributed by atoms with Crippen LogP contribution >= 0.6 is 11.3 Å². The van der Waals surface area contributed by atoms with Gasteiger partial charge in [-0.15, -0.1) is 11.3 Å². The summed E-state index contributed by atoms with van der Waals surface area (Å²) in [5.41, 5.74) is 3.47. The number of thiophene rings is 1. The van der Waals surface area contributed by atoms with Gasteiger partial charge in [0, 0.05) is 4.88 Å². The molecule has 0 aromatic carbocycles. The summed E-state index contributed by atoms with van der Waals surface area (Å²) in [7, 11) is 0. The van der Waals surface area contributed by atoms with Crippen LogP contribution in [0, 0.1) is 6.92 Å². The Hall–Kier alpha value is -1.22. The molecule has 2 nitrogen and oxygen atoms in total. The molecule has 0 fully saturated rings. The molecule has 17 heavy (non-hydrogen) atoms. The smallest absolute Gasteiger partial charge is 0.0634 e. The SMILES string of the molecule is Cc1ccc(CCc2csc(C(C)C)c2)nn1. The van der Waals surface area contributed by atoms with Gasteiger partial charge in [-0.2, -0.15) is 10.2 Å². The molecule has 2 aromatic heterocycles. The van der Waals surface area contributed by atoms with Crippen LogP contribution in [-0.2, 0) is 12.8 Å². The van der Waals surface area contributed by atoms with Crippen LogP contribution < -0.4 is 0 Å². The fourth-order valence-corrected chi connectivity index (χ4v) is 2.63. The van der Waals surface area contributed by atoms with Gasteiger partial charge in [-0.3, -0.25) is 0 Å². The zero-order valence-electron chi connectivity index (χ0n) is 10.6. The van der Waals surface area contributed by atoms with Crippen molar-refractivity contribution in [1.82, 2.24) is 10.2 Å². The summed E-state index contributed by atoms with van der Waals surface area (Å²) in [4.78, 5) is 1.47. The Morgan fingerprint density at radius 3 is 2.59 bits per heavy atom. The summed E-state index contributed by atoms with van der Waals surface area (Å²) >= 11 is 1.86. The number of hydrogen-bond acceptors (Lipinski definition) is 3. The van der Waals surface area contributed by atoms with Crippen molar-refractivity contribution in [3.05, 3.63) is 45.4 Å². The molecule has 0 spiro atoms. The van der Waals surface area contributed by atoms with Crippen molar-refractivity contribution in [2.45, 2.75) is 39.5 Å². The van der Waals surface area contributed by atoms with Gasteiger partial charge in [0.15, 0.2) is 0 Å². The first-order valence-corrected chi connectivity index (χ1v) is 6.89. The van der Waals surface area contributed by atoms with E-state index in [0.29, 0.717) is 5.92 Å². The Labute approximate surface area is 107 Å². The monoisotopic (exact) mass is 246 g/mol. The number of hydrogen-bond donors (Lipinski definition) is 0. The van der Waals surface area contributed by atoms with Crippen LogP contribution in [0.2, 0.25) is 0 Å². The minimum Gasteiger partial charge on any atom is -0.156 e. The highest BCUT2D eigenvalue weighted by atomic mass is 32.1. The van der Waals surface area contributed by atoms with Gasteiger partial charge in [0.1, 0.15) is 0 Å². The Morgan fingerprint density at radius 1 is 1.18 bits per heavy atom. The van der Waals surface area contributed by atoms with Crippen LogP contribution in [0.3, 0.4) is 0 Å². The summed E-state index contributed by atoms with van der Waals surface area (Å²) in [5, 5.41) is 10.5. The maximum absolute atomic E-state index is 4.19. The molecular weight excluding hydrogens is 228 g/mol. The molecule has 2 aromatic rings. The van der Waals surface area contributed by atoms with E-state index in [9.17, 15) is 0 Å². The quantitative estimate of drug-likeness (QED) is 0.821. The van der Waals surface area contributed by atoms with Crippen LogP contribution in [0.1, 0.15) is 41.6 Å². The first-order valence-electron chi connectivity index (χ1n) is 6.01. The Morgan fingerprint density at radius 2 is 2.00 bits per heavy atom. The van der Waals surface area contributed by atoms with Gasteiger partial charge in [-0.05, 0) is 54.8 Å². The largest absolute Gasteiger partial charge is 0.156 e. The highest BCUT2D eigenvalue weighted by Gasteiger charge is 2.04. The lowest BCUT2D eigenvalue weighted by Gasteiger charge is -1.99. The molecule has 2 heterocycles. The molecule has 0 atom stereocenters. The lowest BCUT2D eigenvalue weighted by molar-refractivity contribution is 0.842. The average Bonchev–Trinajstić information content (AvgIpc) is 2.77. The lowest BCUT2D eigenvalue weighted by Crippen LogP contribution is -1.96. The average molecular weight is 246 g/mol. The van der Waals surface area contributed by atoms with Gasteiger partial charge in [0.2, 0.25) is 0 Å². The molecule has 0 aliphatic carbocycles. The fourth-order valence-electron chi connectivity index (χ4n) is 1.66. The van der Waals surface area contributed by atoms with Crippen molar-refractivity contribution in [2.24, 2.45) is 0 Å². The van der Waals surface area contributed by atoms with Crippen molar-refractivity contribution in [3.63, 3.8) is 0 Å². The Balaban J connectivity index is 1.95. The maximum Gasteiger partial charge on any atom is 0.0634 e. The molecule has 0 N–H and O–H groups in total. The highest BCUT2D eigenvalue weighted by Crippen LogP contribution is 2.23. The van der Waals surface area contributed by atoms with Crippen molar-refractivity contribution < 1.29 is 0 Å². The summed E-state index contributed by atoms with van der Waals surface area (Å²) in [6.07, 6.45) is 2.03. The van der Waals surface area contributed by atoms with Crippen LogP contribution in [-0.4, -0.2) is 10.2 Å². The van der Waals surface area contributed by atoms with Crippen molar-refractivity contribution in [3.8, 4) is 0 Å². The number of rotatable bonds is 4. The van der Waals surface area contributed by atoms with Gasteiger partial charge >= 0.3 is 0 Å². The van der Waals surface area contributed by atoms with Crippen LogP contribution in [0.5, 0.6) is 0 Å². The number of nitrogens with zero attached hydrogens (tertiary/aromatic N) is 2. The van der Waals surface area contributed by atoms with Gasteiger partial charge in [-0.25, -0.2) is 0 Å². The fraction of sp³-hybridized carbons (Fsp3) is 0.429. The summed E-state index contributed by atoms with van der Waals surface area (Å²) in [6.45, 7) is 6.44. The first kappa shape index (κ1) is 12.2. The summed E-state index contributed by atoms with van der Waals surface area (Å²) < 4.78 is 0. The van der Waals surface area contributed by atoms with Crippen molar-refractivity contribution >= 4 is 11.3 Å². The van der Waals surface area contributed by atoms with E-state index in [2.05, 4.69) is 41.6 Å². The molecule has 0 amide bonds. The third-order valence-electron chi connectivity index (χ3n) is 2.77. The van der Waals surface area contributed by atoms with E-state index in [4.69, 9.17) is 0 Å². The van der Waals surface area contributed by atoms with Crippen LogP contribution in [0.25, 0.3) is 0 Å². The molecule has 0 saturated carbocycles. The topological polar surface area (TPSA) is 25.8 Å². The molecule has 0 unspecified atom stereocenters. The highest BCUT2D eigenvalue weighted by molar-refractivity contribution is 7.10. The molecule has 0 bridgehead atoms. The summed E-state index contributed by atoms with van der Waals surface area (Å²) in [6, 6.07) is 6.41. The molecule has 0 saturated heterocycles. The first-order chi connectivity index (χ1) is 8.15. The number of aromatic nitrogens is 2. The van der Waals surface area contributed by atoms with Crippen molar-refractivity contribution in [2.75, 3.05) is 0 Å². The minimum absolute atomic E-state index is 0.632. The molecular formula is C14H18N2S. The Kier molecular flexibility index (Phi) is 3.89. The van der Waals surface area contributed by atoms with Gasteiger partial charge in [-0.1, -0.05) is 13.8 Å². The van der Waals surface area contributed by atoms with E-state index in [1.807, 2.05) is 24.3 Å². The zero-order valence-corrected chi connectivity index (χ0v) is 11.4. The molecule has 0 radical (unpaired) electrons. The lowest BCUT2D eigenvalue weighted by atomic mass is 10.1. The second kappa shape index (κ2) is 5.41. The second-order valence-corrected chi connectivity index (χ2v) is 5.62. The number of aryl methyl sites for hydroxylation is 3. The predicted octanol–water partition coefficient (Wildman–Crippen LogP) is 3.76. The van der Waals surface area contributed by atoms with Gasteiger partial charge < -0.3 is 0 Å². The Bertz CT molecular complexity index is 471. The van der Waals surface area contributed by atoms with Crippen LogP contribution in [0.4, 0.5) is 0 Å². The van der Waals surface area contributed by atoms with E-state index < -0.39 is 0 Å². The van der Waals surface area contributed by atoms with E-state index in [-0.39, 0.29) is 0 Å². The van der Waals surface area contributed by atoms with E-state index in [1.54, 1.807) is 0 Å². The van der Waals surface area contributed by atoms with E-state index in [1.165, 1.54) is 10.4 Å². The standard InChI is InChI=1S/C14H18N2S/c1-10(2)14-8-12(9-17-14)5-7-13-6-4-11(3)15-16-13/h4,6,8-10H,5,7H2,1-3H3.